The van der Waals surface area contributed by atoms with Crippen LogP contribution in [0.15, 0.2) is 18.2 Å². The molecule has 0 spiro atoms. The molecule has 1 aromatic rings. The Morgan fingerprint density at radius 1 is 1.28 bits per heavy atom. The molecule has 2 heterocycles. The maximum atomic E-state index is 13.3. The molecule has 1 atom stereocenters. The molecule has 0 aliphatic carbocycles. The second-order valence-electron chi connectivity index (χ2n) is 7.08. The smallest absolute Gasteiger partial charge is 0.325 e. The number of amides is 3. The molecule has 2 saturated heterocycles. The van der Waals surface area contributed by atoms with E-state index in [1.165, 1.54) is 4.90 Å². The van der Waals surface area contributed by atoms with Gasteiger partial charge in [0.25, 0.3) is 5.91 Å². The van der Waals surface area contributed by atoms with Crippen LogP contribution in [0.3, 0.4) is 0 Å². The van der Waals surface area contributed by atoms with Crippen molar-refractivity contribution in [3.8, 4) is 5.75 Å². The van der Waals surface area contributed by atoms with Crippen LogP contribution < -0.4 is 10.1 Å². The van der Waals surface area contributed by atoms with Gasteiger partial charge in [-0.3, -0.25) is 9.69 Å². The zero-order valence-electron chi connectivity index (χ0n) is 15.5. The van der Waals surface area contributed by atoms with Crippen molar-refractivity contribution >= 4 is 11.9 Å². The van der Waals surface area contributed by atoms with Crippen LogP contribution in [0.5, 0.6) is 5.75 Å². The molecule has 3 rings (SSSR count). The van der Waals surface area contributed by atoms with Gasteiger partial charge >= 0.3 is 6.03 Å². The minimum Gasteiger partial charge on any atom is -0.496 e. The molecule has 0 aromatic heterocycles. The van der Waals surface area contributed by atoms with Crippen LogP contribution in [0.1, 0.15) is 37.3 Å². The Morgan fingerprint density at radius 2 is 1.96 bits per heavy atom. The van der Waals surface area contributed by atoms with Gasteiger partial charge in [-0.2, -0.15) is 0 Å². The number of imide groups is 1. The number of likely N-dealkylation sites (tertiary alicyclic amines) is 1. The Hall–Kier alpha value is -2.08. The third-order valence-electron chi connectivity index (χ3n) is 5.59. The van der Waals surface area contributed by atoms with Crippen LogP contribution in [0.25, 0.3) is 0 Å². The maximum absolute atomic E-state index is 13.3. The summed E-state index contributed by atoms with van der Waals surface area (Å²) in [4.78, 5) is 29.7. The van der Waals surface area contributed by atoms with E-state index in [2.05, 4.69) is 17.3 Å². The van der Waals surface area contributed by atoms with Gasteiger partial charge in [0, 0.05) is 6.04 Å². The highest BCUT2D eigenvalue weighted by Crippen LogP contribution is 2.36. The van der Waals surface area contributed by atoms with Gasteiger partial charge in [0.2, 0.25) is 0 Å². The summed E-state index contributed by atoms with van der Waals surface area (Å²) in [5.74, 6) is 0.651. The van der Waals surface area contributed by atoms with E-state index in [0.717, 1.165) is 42.8 Å². The summed E-state index contributed by atoms with van der Waals surface area (Å²) in [6.45, 7) is 5.70. The van der Waals surface area contributed by atoms with Crippen LogP contribution >= 0.6 is 0 Å². The first-order valence-electron chi connectivity index (χ1n) is 8.92. The number of aryl methyl sites for hydroxylation is 1. The van der Waals surface area contributed by atoms with Crippen molar-refractivity contribution in [3.63, 3.8) is 0 Å². The average molecular weight is 345 g/mol. The van der Waals surface area contributed by atoms with E-state index in [1.54, 1.807) is 7.11 Å². The molecule has 1 N–H and O–H groups in total. The van der Waals surface area contributed by atoms with Gasteiger partial charge < -0.3 is 15.0 Å². The van der Waals surface area contributed by atoms with E-state index in [0.29, 0.717) is 6.42 Å². The van der Waals surface area contributed by atoms with E-state index in [1.807, 2.05) is 32.0 Å². The summed E-state index contributed by atoms with van der Waals surface area (Å²) in [6.07, 6.45) is 2.18. The topological polar surface area (TPSA) is 61.9 Å². The molecule has 2 fully saturated rings. The number of carbonyl (C=O) groups excluding carboxylic acids is 2. The second-order valence-corrected chi connectivity index (χ2v) is 7.08. The number of hydrogen-bond acceptors (Lipinski definition) is 4. The van der Waals surface area contributed by atoms with Gasteiger partial charge in [-0.1, -0.05) is 13.0 Å². The van der Waals surface area contributed by atoms with Crippen molar-refractivity contribution in [2.45, 2.75) is 44.7 Å². The van der Waals surface area contributed by atoms with Crippen LogP contribution in [0.2, 0.25) is 0 Å². The number of methoxy groups -OCH3 is 1. The van der Waals surface area contributed by atoms with Gasteiger partial charge in [-0.25, -0.2) is 4.79 Å². The van der Waals surface area contributed by atoms with E-state index in [-0.39, 0.29) is 18.0 Å². The lowest BCUT2D eigenvalue weighted by Gasteiger charge is -2.34. The van der Waals surface area contributed by atoms with Gasteiger partial charge in [0.15, 0.2) is 0 Å². The minimum atomic E-state index is -0.975. The molecule has 0 bridgehead atoms. The number of nitrogens with zero attached hydrogens (tertiary/aromatic N) is 2. The largest absolute Gasteiger partial charge is 0.496 e. The van der Waals surface area contributed by atoms with Crippen molar-refractivity contribution in [1.82, 2.24) is 15.1 Å². The number of urea groups is 1. The summed E-state index contributed by atoms with van der Waals surface area (Å²) in [7, 11) is 3.69. The summed E-state index contributed by atoms with van der Waals surface area (Å²) in [5, 5.41) is 2.99. The summed E-state index contributed by atoms with van der Waals surface area (Å²) in [5.41, 5.74) is 0.798. The zero-order chi connectivity index (χ0) is 18.2. The Labute approximate surface area is 149 Å². The highest BCUT2D eigenvalue weighted by molar-refractivity contribution is 6.07. The van der Waals surface area contributed by atoms with Crippen LogP contribution in [-0.2, 0) is 10.3 Å². The first kappa shape index (κ1) is 17.7. The second kappa shape index (κ2) is 6.67. The van der Waals surface area contributed by atoms with Crippen LogP contribution in [0.4, 0.5) is 4.79 Å². The van der Waals surface area contributed by atoms with E-state index in [4.69, 9.17) is 4.74 Å². The molecule has 1 aromatic carbocycles. The minimum absolute atomic E-state index is 0.0172. The first-order valence-corrected chi connectivity index (χ1v) is 8.92. The van der Waals surface area contributed by atoms with Crippen molar-refractivity contribution in [2.24, 2.45) is 0 Å². The van der Waals surface area contributed by atoms with E-state index < -0.39 is 5.54 Å². The molecule has 2 aliphatic heterocycles. The highest BCUT2D eigenvalue weighted by atomic mass is 16.5. The predicted molar refractivity (Wildman–Crippen MR) is 95.6 cm³/mol. The Balaban J connectivity index is 1.93. The number of hydrogen-bond donors (Lipinski definition) is 1. The van der Waals surface area contributed by atoms with Crippen molar-refractivity contribution < 1.29 is 14.3 Å². The average Bonchev–Trinajstić information content (AvgIpc) is 2.87. The maximum Gasteiger partial charge on any atom is 0.325 e. The quantitative estimate of drug-likeness (QED) is 0.850. The van der Waals surface area contributed by atoms with Gasteiger partial charge in [-0.15, -0.1) is 0 Å². The molecule has 25 heavy (non-hydrogen) atoms. The first-order chi connectivity index (χ1) is 11.9. The fourth-order valence-corrected chi connectivity index (χ4v) is 3.96. The van der Waals surface area contributed by atoms with Gasteiger partial charge in [0.05, 0.1) is 7.11 Å². The monoisotopic (exact) mass is 345 g/mol. The highest BCUT2D eigenvalue weighted by Gasteiger charge is 2.53. The lowest BCUT2D eigenvalue weighted by Crippen LogP contribution is -2.48. The molecule has 6 heteroatoms. The van der Waals surface area contributed by atoms with E-state index >= 15 is 0 Å². The molecule has 2 aliphatic rings. The SMILES string of the molecule is CCC1(c2ccc(OC)c(C)c2)NC(=O)N(C2CCN(C)CC2)C1=O. The number of nitrogens with one attached hydrogen (secondary N) is 1. The fourth-order valence-electron chi connectivity index (χ4n) is 3.96. The molecule has 6 nitrogen and oxygen atoms in total. The number of carbonyl (C=O) groups is 2. The van der Waals surface area contributed by atoms with Crippen LogP contribution in [0, 0.1) is 6.92 Å². The lowest BCUT2D eigenvalue weighted by molar-refractivity contribution is -0.134. The fraction of sp³-hybridized carbons (Fsp3) is 0.579. The molecule has 0 radical (unpaired) electrons. The summed E-state index contributed by atoms with van der Waals surface area (Å²) < 4.78 is 5.32. The van der Waals surface area contributed by atoms with Crippen molar-refractivity contribution in [2.75, 3.05) is 27.2 Å². The van der Waals surface area contributed by atoms with Crippen LogP contribution in [-0.4, -0.2) is 55.0 Å². The van der Waals surface area contributed by atoms with Crippen molar-refractivity contribution in [3.05, 3.63) is 29.3 Å². The third kappa shape index (κ3) is 2.88. The number of ether oxygens (including phenoxy) is 1. The molecular formula is C19H27N3O3. The van der Waals surface area contributed by atoms with Gasteiger partial charge in [0.1, 0.15) is 11.3 Å². The molecule has 136 valence electrons. The molecular weight excluding hydrogens is 318 g/mol. The predicted octanol–water partition coefficient (Wildman–Crippen LogP) is 2.25. The van der Waals surface area contributed by atoms with Crippen molar-refractivity contribution in [1.29, 1.82) is 0 Å². The number of piperidine rings is 1. The Bertz CT molecular complexity index is 682. The standard InChI is InChI=1S/C19H27N3O3/c1-5-19(14-6-7-16(25-4)13(2)12-14)17(23)22(18(24)20-19)15-8-10-21(3)11-9-15/h6-7,12,15H,5,8-11H2,1-4H3,(H,20,24). The number of rotatable bonds is 4. The Morgan fingerprint density at radius 3 is 2.52 bits per heavy atom. The lowest BCUT2D eigenvalue weighted by atomic mass is 9.85. The molecule has 3 amide bonds. The summed E-state index contributed by atoms with van der Waals surface area (Å²) in [6, 6.07) is 5.40. The molecule has 0 saturated carbocycles. The van der Waals surface area contributed by atoms with Gasteiger partial charge in [-0.05, 0) is 69.6 Å². The summed E-state index contributed by atoms with van der Waals surface area (Å²) >= 11 is 0. The normalized spacial score (nSPS) is 25.4. The van der Waals surface area contributed by atoms with E-state index in [9.17, 15) is 9.59 Å². The molecule has 1 unspecified atom stereocenters. The zero-order valence-corrected chi connectivity index (χ0v) is 15.5. The Kier molecular flexibility index (Phi) is 4.73. The number of benzene rings is 1. The third-order valence-corrected chi connectivity index (χ3v) is 5.59.